The third-order valence-electron chi connectivity index (χ3n) is 5.22. The number of anilines is 2. The molecule has 0 spiro atoms. The van der Waals surface area contributed by atoms with E-state index in [-0.39, 0.29) is 0 Å². The summed E-state index contributed by atoms with van der Waals surface area (Å²) < 4.78 is 5.97. The van der Waals surface area contributed by atoms with Crippen LogP contribution in [-0.2, 0) is 19.4 Å². The maximum atomic E-state index is 3.49. The molecule has 1 aliphatic rings. The van der Waals surface area contributed by atoms with Crippen LogP contribution < -0.4 is 16.0 Å². The Hall–Kier alpha value is -0.540. The van der Waals surface area contributed by atoms with Crippen LogP contribution in [0.15, 0.2) is 17.8 Å². The van der Waals surface area contributed by atoms with Crippen LogP contribution in [-0.4, -0.2) is 27.1 Å². The average Bonchev–Trinajstić information content (AvgIpc) is 2.83. The van der Waals surface area contributed by atoms with Crippen molar-refractivity contribution in [2.45, 2.75) is 26.0 Å². The molecule has 0 bridgehead atoms. The molecule has 0 amide bonds. The molecule has 0 saturated heterocycles. The van der Waals surface area contributed by atoms with Crippen LogP contribution in [0, 0.1) is 0 Å². The van der Waals surface area contributed by atoms with Crippen molar-refractivity contribution in [3.8, 4) is 0 Å². The summed E-state index contributed by atoms with van der Waals surface area (Å²) in [5.41, 5.74) is 6.78. The first-order valence-electron chi connectivity index (χ1n) is 7.79. The number of hydrogen-bond donors (Lipinski definition) is 3. The van der Waals surface area contributed by atoms with Gasteiger partial charge in [0.1, 0.15) is 0 Å². The van der Waals surface area contributed by atoms with Crippen LogP contribution in [0.1, 0.15) is 14.8 Å². The number of rotatable bonds is 5. The first-order chi connectivity index (χ1) is 9.86. The number of likely N-dealkylation sites (N-methyl/N-ethyl adjacent to an activating group) is 1. The van der Waals surface area contributed by atoms with E-state index in [0.717, 1.165) is 0 Å². The second-order valence-electron chi connectivity index (χ2n) is 6.79. The molecule has 1 unspecified atom stereocenters. The summed E-state index contributed by atoms with van der Waals surface area (Å²) in [6, 6.07) is 4.67. The molecule has 0 saturated carbocycles. The molecule has 116 valence electrons. The van der Waals surface area contributed by atoms with Gasteiger partial charge in [0.2, 0.25) is 0 Å². The fourth-order valence-corrected chi connectivity index (χ4v) is 16.0. The summed E-state index contributed by atoms with van der Waals surface area (Å²) in [5.74, 6) is -0.595. The predicted molar refractivity (Wildman–Crippen MR) is 95.9 cm³/mol. The van der Waals surface area contributed by atoms with Gasteiger partial charge in [-0.15, -0.1) is 0 Å². The topological polar surface area (TPSA) is 36.1 Å². The molecular weight excluding hydrogens is 354 g/mol. The van der Waals surface area contributed by atoms with Crippen molar-refractivity contribution in [1.82, 2.24) is 5.32 Å². The van der Waals surface area contributed by atoms with Crippen molar-refractivity contribution in [1.29, 1.82) is 0 Å². The maximum absolute atomic E-state index is 3.49. The minimum atomic E-state index is -2.12. The Morgan fingerprint density at radius 2 is 1.52 bits per heavy atom. The molecule has 5 heteroatoms. The third kappa shape index (κ3) is 2.87. The SMILES string of the molecule is CNC1=Cc2cc(NC)c(NC)cc2[CH]1[Zr]([CH3])([CH3])[SiH](C)C. The van der Waals surface area contributed by atoms with Gasteiger partial charge >= 0.3 is 135 Å². The molecule has 0 heterocycles. The molecule has 0 radical (unpaired) electrons. The Balaban J connectivity index is 2.59. The second kappa shape index (κ2) is 6.29. The van der Waals surface area contributed by atoms with E-state index in [1.54, 1.807) is 5.56 Å². The fraction of sp³-hybridized carbons (Fsp3) is 0.500. The van der Waals surface area contributed by atoms with Gasteiger partial charge in [0, 0.05) is 0 Å². The second-order valence-corrected chi connectivity index (χ2v) is 36.8. The number of hydrogen-bond acceptors (Lipinski definition) is 3. The zero-order valence-electron chi connectivity index (χ0n) is 14.4. The molecule has 1 aromatic carbocycles. The first-order valence-corrected chi connectivity index (χ1v) is 21.3. The molecule has 1 atom stereocenters. The monoisotopic (exact) mass is 381 g/mol. The van der Waals surface area contributed by atoms with Gasteiger partial charge in [-0.2, -0.15) is 0 Å². The van der Waals surface area contributed by atoms with E-state index < -0.39 is 25.4 Å². The van der Waals surface area contributed by atoms with Gasteiger partial charge in [-0.05, 0) is 0 Å². The standard InChI is InChI=1S/C12H16N3.C2H7Si.2CH3.Zr/c1-13-10-4-8-6-11(14-2)12(15-3)7-9(8)5-10;1-3-2;;;/h4-7,13-15H,1-3H3;3H,1-2H3;2*1H3;. The van der Waals surface area contributed by atoms with Gasteiger partial charge in [0.05, 0.1) is 0 Å². The molecule has 3 nitrogen and oxygen atoms in total. The van der Waals surface area contributed by atoms with Crippen molar-refractivity contribution in [2.75, 3.05) is 31.8 Å². The summed E-state index contributed by atoms with van der Waals surface area (Å²) in [6.45, 7) is 5.09. The van der Waals surface area contributed by atoms with E-state index in [4.69, 9.17) is 0 Å². The number of benzene rings is 1. The van der Waals surface area contributed by atoms with Gasteiger partial charge in [-0.3, -0.25) is 0 Å². The third-order valence-corrected chi connectivity index (χ3v) is 37.3. The summed E-state index contributed by atoms with van der Waals surface area (Å²) >= 11 is -2.12. The van der Waals surface area contributed by atoms with Crippen LogP contribution in [0.2, 0.25) is 22.4 Å². The zero-order chi connectivity index (χ0) is 15.8. The van der Waals surface area contributed by atoms with E-state index in [9.17, 15) is 0 Å². The van der Waals surface area contributed by atoms with Crippen LogP contribution in [0.3, 0.4) is 0 Å². The quantitative estimate of drug-likeness (QED) is 0.681. The van der Waals surface area contributed by atoms with Crippen molar-refractivity contribution in [2.24, 2.45) is 0 Å². The molecule has 0 fully saturated rings. The Bertz CT molecular complexity index is 567. The Kier molecular flexibility index (Phi) is 5.04. The summed E-state index contributed by atoms with van der Waals surface area (Å²) in [4.78, 5) is 0. The van der Waals surface area contributed by atoms with Gasteiger partial charge in [-0.1, -0.05) is 0 Å². The van der Waals surface area contributed by atoms with Crippen LogP contribution >= 0.6 is 0 Å². The fourth-order valence-electron chi connectivity index (χ4n) is 3.19. The molecule has 21 heavy (non-hydrogen) atoms. The summed E-state index contributed by atoms with van der Waals surface area (Å²) in [5, 5.41) is 10.1. The van der Waals surface area contributed by atoms with E-state index in [1.165, 1.54) is 22.6 Å². The Labute approximate surface area is 134 Å². The average molecular weight is 383 g/mol. The molecule has 0 aliphatic heterocycles. The van der Waals surface area contributed by atoms with Gasteiger partial charge in [0.15, 0.2) is 0 Å². The Morgan fingerprint density at radius 3 is 2.00 bits per heavy atom. The van der Waals surface area contributed by atoms with E-state index in [0.29, 0.717) is 3.63 Å². The summed E-state index contributed by atoms with van der Waals surface area (Å²) in [6.07, 6.45) is 2.37. The van der Waals surface area contributed by atoms with Crippen LogP contribution in [0.25, 0.3) is 6.08 Å². The molecule has 3 N–H and O–H groups in total. The van der Waals surface area contributed by atoms with E-state index in [1.807, 2.05) is 14.1 Å². The number of nitrogens with one attached hydrogen (secondary N) is 3. The predicted octanol–water partition coefficient (Wildman–Crippen LogP) is 3.62. The molecular formula is C16H29N3SiZr. The Morgan fingerprint density at radius 1 is 0.952 bits per heavy atom. The number of allylic oxidation sites excluding steroid dienone is 1. The number of fused-ring (bicyclic) bond motifs is 1. The summed E-state index contributed by atoms with van der Waals surface area (Å²) in [7, 11) is 6.07. The first kappa shape index (κ1) is 16.8. The van der Waals surface area contributed by atoms with Gasteiger partial charge in [0.25, 0.3) is 0 Å². The van der Waals surface area contributed by atoms with Gasteiger partial charge in [-0.25, -0.2) is 0 Å². The van der Waals surface area contributed by atoms with E-state index >= 15 is 0 Å². The zero-order valence-corrected chi connectivity index (χ0v) is 18.0. The van der Waals surface area contributed by atoms with Crippen LogP contribution in [0.5, 0.6) is 0 Å². The van der Waals surface area contributed by atoms with Crippen molar-refractivity contribution in [3.63, 3.8) is 0 Å². The molecule has 0 aromatic heterocycles. The molecule has 1 aliphatic carbocycles. The normalized spacial score (nSPS) is 17.5. The minimum absolute atomic E-state index is 0.595. The van der Waals surface area contributed by atoms with E-state index in [2.05, 4.69) is 63.6 Å². The van der Waals surface area contributed by atoms with Gasteiger partial charge < -0.3 is 0 Å². The molecule has 2 rings (SSSR count). The van der Waals surface area contributed by atoms with Crippen molar-refractivity contribution in [3.05, 3.63) is 29.0 Å². The molecule has 1 aromatic rings. The van der Waals surface area contributed by atoms with Crippen LogP contribution in [0.4, 0.5) is 11.4 Å². The van der Waals surface area contributed by atoms with Crippen molar-refractivity contribution >= 4 is 23.4 Å². The van der Waals surface area contributed by atoms with Crippen molar-refractivity contribution < 1.29 is 19.4 Å².